The van der Waals surface area contributed by atoms with Gasteiger partial charge in [-0.3, -0.25) is 4.68 Å². The van der Waals surface area contributed by atoms with Gasteiger partial charge in [0.05, 0.1) is 17.8 Å². The lowest BCUT2D eigenvalue weighted by atomic mass is 10.2. The number of nitrogens with one attached hydrogen (secondary N) is 1. The van der Waals surface area contributed by atoms with Gasteiger partial charge in [-0.25, -0.2) is 0 Å². The quantitative estimate of drug-likeness (QED) is 0.689. The largest absolute Gasteiger partial charge is 0.379 e. The van der Waals surface area contributed by atoms with E-state index in [2.05, 4.69) is 88.0 Å². The third kappa shape index (κ3) is 2.65. The molecule has 0 aliphatic heterocycles. The topological polar surface area (TPSA) is 29.9 Å². The molecular formula is C16H16IN3. The summed E-state index contributed by atoms with van der Waals surface area (Å²) in [5.41, 5.74) is 3.43. The third-order valence-electron chi connectivity index (χ3n) is 3.32. The van der Waals surface area contributed by atoms with Crippen LogP contribution in [0.2, 0.25) is 0 Å². The van der Waals surface area contributed by atoms with Crippen molar-refractivity contribution in [3.05, 3.63) is 57.8 Å². The molecule has 0 saturated carbocycles. The molecule has 1 aromatic heterocycles. The summed E-state index contributed by atoms with van der Waals surface area (Å²) in [7, 11) is 0. The Morgan fingerprint density at radius 2 is 2.00 bits per heavy atom. The van der Waals surface area contributed by atoms with Gasteiger partial charge in [0.15, 0.2) is 0 Å². The van der Waals surface area contributed by atoms with Crippen molar-refractivity contribution >= 4 is 39.2 Å². The first-order valence-corrected chi connectivity index (χ1v) is 7.79. The second-order valence-corrected chi connectivity index (χ2v) is 5.89. The molecule has 0 fully saturated rings. The summed E-state index contributed by atoms with van der Waals surface area (Å²) in [6.45, 7) is 3.76. The molecule has 0 aliphatic carbocycles. The Labute approximate surface area is 132 Å². The first-order chi connectivity index (χ1) is 9.78. The molecular weight excluding hydrogens is 361 g/mol. The van der Waals surface area contributed by atoms with Crippen molar-refractivity contribution in [2.75, 3.05) is 5.32 Å². The summed E-state index contributed by atoms with van der Waals surface area (Å²) < 4.78 is 3.29. The van der Waals surface area contributed by atoms with Crippen LogP contribution in [0.5, 0.6) is 0 Å². The van der Waals surface area contributed by atoms with Gasteiger partial charge in [0.25, 0.3) is 0 Å². The van der Waals surface area contributed by atoms with Gasteiger partial charge in [-0.05, 0) is 53.8 Å². The molecule has 0 saturated heterocycles. The smallest absolute Gasteiger partial charge is 0.0894 e. The van der Waals surface area contributed by atoms with Crippen LogP contribution >= 0.6 is 22.6 Å². The molecule has 3 aromatic rings. The highest BCUT2D eigenvalue weighted by Crippen LogP contribution is 2.20. The van der Waals surface area contributed by atoms with Crippen LogP contribution in [-0.2, 0) is 13.1 Å². The molecule has 102 valence electrons. The lowest BCUT2D eigenvalue weighted by Crippen LogP contribution is -2.02. The molecule has 3 rings (SSSR count). The van der Waals surface area contributed by atoms with Crippen molar-refractivity contribution in [2.24, 2.45) is 0 Å². The lowest BCUT2D eigenvalue weighted by molar-refractivity contribution is 0.671. The Bertz CT molecular complexity index is 733. The van der Waals surface area contributed by atoms with Crippen molar-refractivity contribution < 1.29 is 0 Å². The molecule has 0 spiro atoms. The number of hydrogen-bond acceptors (Lipinski definition) is 2. The average molecular weight is 377 g/mol. The molecule has 0 atom stereocenters. The number of rotatable bonds is 4. The molecule has 0 amide bonds. The van der Waals surface area contributed by atoms with Crippen molar-refractivity contribution in [2.45, 2.75) is 20.0 Å². The summed E-state index contributed by atoms with van der Waals surface area (Å²) >= 11 is 2.32. The van der Waals surface area contributed by atoms with Crippen LogP contribution in [0.1, 0.15) is 12.6 Å². The number of aryl methyl sites for hydroxylation is 1. The second kappa shape index (κ2) is 5.83. The van der Waals surface area contributed by atoms with E-state index in [0.717, 1.165) is 24.5 Å². The standard InChI is InChI=1S/C16H16IN3/c1-2-20-16-9-4-3-8-14(16)15(19-20)11-18-13-7-5-6-12(17)10-13/h3-10,18H,2,11H2,1H3. The zero-order valence-corrected chi connectivity index (χ0v) is 13.5. The van der Waals surface area contributed by atoms with Gasteiger partial charge in [-0.2, -0.15) is 5.10 Å². The monoisotopic (exact) mass is 377 g/mol. The second-order valence-electron chi connectivity index (χ2n) is 4.64. The Hall–Kier alpha value is -1.56. The Morgan fingerprint density at radius 3 is 2.80 bits per heavy atom. The summed E-state index contributed by atoms with van der Waals surface area (Å²) in [6, 6.07) is 16.8. The van der Waals surface area contributed by atoms with Crippen molar-refractivity contribution in [3.63, 3.8) is 0 Å². The van der Waals surface area contributed by atoms with Crippen LogP contribution in [0.3, 0.4) is 0 Å². The highest BCUT2D eigenvalue weighted by molar-refractivity contribution is 14.1. The number of benzene rings is 2. The number of aromatic nitrogens is 2. The maximum Gasteiger partial charge on any atom is 0.0894 e. The lowest BCUT2D eigenvalue weighted by Gasteiger charge is -2.05. The molecule has 2 aromatic carbocycles. The van der Waals surface area contributed by atoms with Crippen LogP contribution in [0.25, 0.3) is 10.9 Å². The molecule has 0 aliphatic rings. The molecule has 0 radical (unpaired) electrons. The van der Waals surface area contributed by atoms with Crippen LogP contribution in [0, 0.1) is 3.57 Å². The van der Waals surface area contributed by atoms with Crippen molar-refractivity contribution in [1.82, 2.24) is 9.78 Å². The van der Waals surface area contributed by atoms with Gasteiger partial charge in [0.2, 0.25) is 0 Å². The maximum absolute atomic E-state index is 4.70. The number of fused-ring (bicyclic) bond motifs is 1. The number of halogens is 1. The molecule has 4 heteroatoms. The van der Waals surface area contributed by atoms with Crippen LogP contribution in [0.4, 0.5) is 5.69 Å². The molecule has 0 unspecified atom stereocenters. The minimum atomic E-state index is 0.744. The van der Waals surface area contributed by atoms with E-state index in [0.29, 0.717) is 0 Å². The normalized spacial score (nSPS) is 10.9. The predicted octanol–water partition coefficient (Wildman–Crippen LogP) is 4.27. The number of hydrogen-bond donors (Lipinski definition) is 1. The summed E-state index contributed by atoms with van der Waals surface area (Å²) in [5, 5.41) is 9.38. The molecule has 20 heavy (non-hydrogen) atoms. The van der Waals surface area contributed by atoms with E-state index in [4.69, 9.17) is 5.10 Å². The van der Waals surface area contributed by atoms with Gasteiger partial charge < -0.3 is 5.32 Å². The summed E-state index contributed by atoms with van der Waals surface area (Å²) in [4.78, 5) is 0. The number of para-hydroxylation sites is 1. The fraction of sp³-hybridized carbons (Fsp3) is 0.188. The van der Waals surface area contributed by atoms with Crippen molar-refractivity contribution in [3.8, 4) is 0 Å². The zero-order chi connectivity index (χ0) is 13.9. The van der Waals surface area contributed by atoms with Crippen LogP contribution < -0.4 is 5.32 Å². The molecule has 1 heterocycles. The number of anilines is 1. The summed E-state index contributed by atoms with van der Waals surface area (Å²) in [5.74, 6) is 0. The van der Waals surface area contributed by atoms with E-state index >= 15 is 0 Å². The molecule has 3 nitrogen and oxygen atoms in total. The minimum Gasteiger partial charge on any atom is -0.379 e. The Morgan fingerprint density at radius 1 is 1.15 bits per heavy atom. The summed E-state index contributed by atoms with van der Waals surface area (Å²) in [6.07, 6.45) is 0. The SMILES string of the molecule is CCn1nc(CNc2cccc(I)c2)c2ccccc21. The minimum absolute atomic E-state index is 0.744. The molecule has 1 N–H and O–H groups in total. The van der Waals surface area contributed by atoms with Crippen molar-refractivity contribution in [1.29, 1.82) is 0 Å². The zero-order valence-electron chi connectivity index (χ0n) is 11.3. The highest BCUT2D eigenvalue weighted by Gasteiger charge is 2.08. The third-order valence-corrected chi connectivity index (χ3v) is 3.99. The first kappa shape index (κ1) is 13.4. The van der Waals surface area contributed by atoms with E-state index in [9.17, 15) is 0 Å². The fourth-order valence-electron chi connectivity index (χ4n) is 2.35. The van der Waals surface area contributed by atoms with Crippen LogP contribution in [-0.4, -0.2) is 9.78 Å². The van der Waals surface area contributed by atoms with E-state index in [-0.39, 0.29) is 0 Å². The van der Waals surface area contributed by atoms with Gasteiger partial charge in [0, 0.05) is 21.2 Å². The van der Waals surface area contributed by atoms with Gasteiger partial charge in [0.1, 0.15) is 0 Å². The average Bonchev–Trinajstić information content (AvgIpc) is 2.83. The van der Waals surface area contributed by atoms with Gasteiger partial charge in [-0.1, -0.05) is 24.3 Å². The van der Waals surface area contributed by atoms with Crippen LogP contribution in [0.15, 0.2) is 48.5 Å². The Kier molecular flexibility index (Phi) is 3.91. The fourth-order valence-corrected chi connectivity index (χ4v) is 2.90. The Balaban J connectivity index is 1.88. The predicted molar refractivity (Wildman–Crippen MR) is 91.9 cm³/mol. The number of nitrogens with zero attached hydrogens (tertiary/aromatic N) is 2. The maximum atomic E-state index is 4.70. The van der Waals surface area contributed by atoms with Gasteiger partial charge in [-0.15, -0.1) is 0 Å². The van der Waals surface area contributed by atoms with E-state index in [1.165, 1.54) is 14.5 Å². The highest BCUT2D eigenvalue weighted by atomic mass is 127. The van der Waals surface area contributed by atoms with E-state index in [1.807, 2.05) is 0 Å². The van der Waals surface area contributed by atoms with E-state index in [1.54, 1.807) is 0 Å². The first-order valence-electron chi connectivity index (χ1n) is 6.72. The van der Waals surface area contributed by atoms with E-state index < -0.39 is 0 Å². The molecule has 0 bridgehead atoms. The van der Waals surface area contributed by atoms with Gasteiger partial charge >= 0.3 is 0 Å².